The molecule has 5 aromatic rings. The summed E-state index contributed by atoms with van der Waals surface area (Å²) in [5, 5.41) is 13.1. The van der Waals surface area contributed by atoms with Crippen LogP contribution < -0.4 is 10.2 Å². The summed E-state index contributed by atoms with van der Waals surface area (Å²) >= 11 is 0. The minimum Gasteiger partial charge on any atom is -0.371 e. The molecule has 7 rings (SSSR count). The van der Waals surface area contributed by atoms with E-state index in [1.54, 1.807) is 12.4 Å². The monoisotopic (exact) mass is 519 g/mol. The number of anilines is 2. The van der Waals surface area contributed by atoms with Gasteiger partial charge in [0.2, 0.25) is 5.91 Å². The molecule has 4 aromatic heterocycles. The van der Waals surface area contributed by atoms with Crippen LogP contribution in [0.1, 0.15) is 50.5 Å². The second-order valence-corrected chi connectivity index (χ2v) is 11.0. The van der Waals surface area contributed by atoms with Crippen molar-refractivity contribution >= 4 is 39.1 Å². The molecular weight excluding hydrogens is 486 g/mol. The van der Waals surface area contributed by atoms with Crippen molar-refractivity contribution in [1.82, 2.24) is 25.1 Å². The number of piperidine rings is 1. The molecule has 39 heavy (non-hydrogen) atoms. The fourth-order valence-electron chi connectivity index (χ4n) is 6.24. The van der Waals surface area contributed by atoms with Gasteiger partial charge < -0.3 is 15.2 Å². The van der Waals surface area contributed by atoms with E-state index in [2.05, 4.69) is 66.6 Å². The third kappa shape index (κ3) is 4.43. The van der Waals surface area contributed by atoms with Crippen LogP contribution in [0.4, 0.5) is 11.4 Å². The van der Waals surface area contributed by atoms with Gasteiger partial charge in [-0.25, -0.2) is 0 Å². The molecule has 1 amide bonds. The van der Waals surface area contributed by atoms with Crippen molar-refractivity contribution < 1.29 is 4.79 Å². The van der Waals surface area contributed by atoms with Gasteiger partial charge in [0.15, 0.2) is 0 Å². The Labute approximate surface area is 227 Å². The number of aromatic nitrogens is 5. The van der Waals surface area contributed by atoms with Crippen LogP contribution in [0.2, 0.25) is 0 Å². The van der Waals surface area contributed by atoms with E-state index in [1.165, 1.54) is 35.9 Å². The second-order valence-electron chi connectivity index (χ2n) is 11.0. The third-order valence-electron chi connectivity index (χ3n) is 8.41. The number of benzene rings is 1. The topological polar surface area (TPSA) is 103 Å². The van der Waals surface area contributed by atoms with Gasteiger partial charge in [-0.2, -0.15) is 5.10 Å². The molecule has 3 N–H and O–H groups in total. The molecule has 2 fully saturated rings. The lowest BCUT2D eigenvalue weighted by atomic mass is 10.1. The summed E-state index contributed by atoms with van der Waals surface area (Å²) in [4.78, 5) is 27.9. The number of carbonyl (C=O) groups excluding carboxylic acids is 1. The maximum atomic E-state index is 12.7. The molecule has 0 bridgehead atoms. The highest BCUT2D eigenvalue weighted by Gasteiger charge is 2.23. The Kier molecular flexibility index (Phi) is 6.02. The Balaban J connectivity index is 1.24. The number of nitrogens with zero attached hydrogens (tertiary/aromatic N) is 4. The summed E-state index contributed by atoms with van der Waals surface area (Å²) in [6.45, 7) is 4.36. The first-order valence-corrected chi connectivity index (χ1v) is 14.1. The first-order chi connectivity index (χ1) is 19.1. The van der Waals surface area contributed by atoms with Crippen molar-refractivity contribution in [2.75, 3.05) is 23.3 Å². The maximum Gasteiger partial charge on any atom is 0.227 e. The SMILES string of the molecule is Cc1ccc(N2CCCCC2)c2cc(-c3n[nH]c4cnc(-c5cncc(NC(=O)C6CCCC6)c5)cc34)[nH]c12. The number of aryl methyl sites for hydroxylation is 1. The average molecular weight is 520 g/mol. The zero-order valence-corrected chi connectivity index (χ0v) is 22.3. The van der Waals surface area contributed by atoms with Gasteiger partial charge in [-0.15, -0.1) is 0 Å². The van der Waals surface area contributed by atoms with Crippen molar-refractivity contribution in [3.05, 3.63) is 54.5 Å². The molecule has 1 saturated carbocycles. The van der Waals surface area contributed by atoms with Crippen LogP contribution in [0.15, 0.2) is 48.9 Å². The lowest BCUT2D eigenvalue weighted by Crippen LogP contribution is -2.29. The van der Waals surface area contributed by atoms with E-state index in [0.29, 0.717) is 5.69 Å². The summed E-state index contributed by atoms with van der Waals surface area (Å²) in [5.41, 5.74) is 8.75. The number of nitrogens with one attached hydrogen (secondary N) is 3. The minimum absolute atomic E-state index is 0.0880. The molecule has 0 unspecified atom stereocenters. The molecule has 8 nitrogen and oxygen atoms in total. The Hall–Kier alpha value is -4.20. The van der Waals surface area contributed by atoms with E-state index in [0.717, 1.165) is 77.8 Å². The second kappa shape index (κ2) is 9.84. The smallest absolute Gasteiger partial charge is 0.227 e. The number of H-pyrrole nitrogens is 2. The largest absolute Gasteiger partial charge is 0.371 e. The van der Waals surface area contributed by atoms with Gasteiger partial charge in [-0.1, -0.05) is 18.9 Å². The van der Waals surface area contributed by atoms with Gasteiger partial charge in [0, 0.05) is 47.2 Å². The molecule has 8 heteroatoms. The first kappa shape index (κ1) is 23.9. The summed E-state index contributed by atoms with van der Waals surface area (Å²) in [6, 6.07) is 10.7. The number of rotatable bonds is 5. The van der Waals surface area contributed by atoms with Crippen LogP contribution in [0.3, 0.4) is 0 Å². The van der Waals surface area contributed by atoms with Gasteiger partial charge in [0.1, 0.15) is 5.69 Å². The van der Waals surface area contributed by atoms with Crippen molar-refractivity contribution in [2.24, 2.45) is 5.92 Å². The summed E-state index contributed by atoms with van der Waals surface area (Å²) in [7, 11) is 0. The van der Waals surface area contributed by atoms with Crippen LogP contribution in [0.25, 0.3) is 44.5 Å². The van der Waals surface area contributed by atoms with Gasteiger partial charge in [-0.05, 0) is 68.9 Å². The molecule has 2 aliphatic rings. The molecule has 198 valence electrons. The Morgan fingerprint density at radius 3 is 2.67 bits per heavy atom. The number of fused-ring (bicyclic) bond motifs is 2. The molecule has 0 atom stereocenters. The Bertz CT molecular complexity index is 1670. The lowest BCUT2D eigenvalue weighted by molar-refractivity contribution is -0.119. The molecule has 0 radical (unpaired) electrons. The number of carbonyl (C=O) groups is 1. The highest BCUT2D eigenvalue weighted by Crippen LogP contribution is 2.36. The maximum absolute atomic E-state index is 12.7. The van der Waals surface area contributed by atoms with E-state index < -0.39 is 0 Å². The van der Waals surface area contributed by atoms with E-state index >= 15 is 0 Å². The van der Waals surface area contributed by atoms with Gasteiger partial charge in [-0.3, -0.25) is 19.9 Å². The van der Waals surface area contributed by atoms with Crippen molar-refractivity contribution in [2.45, 2.75) is 51.9 Å². The van der Waals surface area contributed by atoms with E-state index in [1.807, 2.05) is 12.3 Å². The molecule has 1 aliphatic heterocycles. The molecule has 1 aliphatic carbocycles. The number of hydrogen-bond acceptors (Lipinski definition) is 5. The Morgan fingerprint density at radius 2 is 1.82 bits per heavy atom. The minimum atomic E-state index is 0.0880. The quantitative estimate of drug-likeness (QED) is 0.243. The van der Waals surface area contributed by atoms with Crippen LogP contribution in [-0.4, -0.2) is 44.1 Å². The molecule has 5 heterocycles. The van der Waals surface area contributed by atoms with E-state index in [-0.39, 0.29) is 11.8 Å². The van der Waals surface area contributed by atoms with Crippen LogP contribution >= 0.6 is 0 Å². The molecule has 1 aromatic carbocycles. The fraction of sp³-hybridized carbons (Fsp3) is 0.355. The van der Waals surface area contributed by atoms with E-state index in [9.17, 15) is 4.79 Å². The van der Waals surface area contributed by atoms with Crippen molar-refractivity contribution in [3.63, 3.8) is 0 Å². The van der Waals surface area contributed by atoms with Crippen LogP contribution in [0, 0.1) is 12.8 Å². The normalized spacial score (nSPS) is 16.4. The summed E-state index contributed by atoms with van der Waals surface area (Å²) in [5.74, 6) is 0.192. The highest BCUT2D eigenvalue weighted by molar-refractivity contribution is 6.01. The van der Waals surface area contributed by atoms with E-state index in [4.69, 9.17) is 0 Å². The van der Waals surface area contributed by atoms with Gasteiger partial charge >= 0.3 is 0 Å². The first-order valence-electron chi connectivity index (χ1n) is 14.1. The highest BCUT2D eigenvalue weighted by atomic mass is 16.1. The number of amides is 1. The van der Waals surface area contributed by atoms with Gasteiger partial charge in [0.25, 0.3) is 0 Å². The summed E-state index contributed by atoms with van der Waals surface area (Å²) in [6.07, 6.45) is 13.3. The third-order valence-corrected chi connectivity index (χ3v) is 8.41. The molecule has 0 spiro atoms. The Morgan fingerprint density at radius 1 is 0.974 bits per heavy atom. The average Bonchev–Trinajstić information content (AvgIpc) is 3.74. The number of aromatic amines is 2. The predicted molar refractivity (Wildman–Crippen MR) is 156 cm³/mol. The zero-order chi connectivity index (χ0) is 26.3. The van der Waals surface area contributed by atoms with Crippen molar-refractivity contribution in [3.8, 4) is 22.6 Å². The van der Waals surface area contributed by atoms with Crippen LogP contribution in [-0.2, 0) is 4.79 Å². The lowest BCUT2D eigenvalue weighted by Gasteiger charge is -2.29. The van der Waals surface area contributed by atoms with Crippen LogP contribution in [0.5, 0.6) is 0 Å². The standard InChI is InChI=1S/C31H33N7O/c1-19-9-10-28(38-11-5-2-6-12-38)24-15-26(35-29(19)24)30-23-14-25(33-18-27(23)36-37-30)21-13-22(17-32-16-21)34-31(39)20-7-3-4-8-20/h9-10,13-18,20,35H,2-8,11-12H2,1H3,(H,34,39)(H,36,37). The molecular formula is C31H33N7O. The van der Waals surface area contributed by atoms with Gasteiger partial charge in [0.05, 0.1) is 40.5 Å². The number of hydrogen-bond donors (Lipinski definition) is 3. The summed E-state index contributed by atoms with van der Waals surface area (Å²) < 4.78 is 0. The fourth-order valence-corrected chi connectivity index (χ4v) is 6.24. The van der Waals surface area contributed by atoms with Crippen molar-refractivity contribution in [1.29, 1.82) is 0 Å². The predicted octanol–water partition coefficient (Wildman–Crippen LogP) is 6.60. The molecule has 1 saturated heterocycles. The number of pyridine rings is 2. The zero-order valence-electron chi connectivity index (χ0n) is 22.3.